The number of nitrogens with two attached hydrogens (primary N) is 1. The van der Waals surface area contributed by atoms with Crippen molar-refractivity contribution in [3.8, 4) is 0 Å². The number of rotatable bonds is 3. The number of nitrogens with zero attached hydrogens (tertiary/aromatic N) is 2. The van der Waals surface area contributed by atoms with E-state index in [0.717, 1.165) is 25.7 Å². The Kier molecular flexibility index (Phi) is 4.07. The molecule has 0 aromatic heterocycles. The molecule has 17 heavy (non-hydrogen) atoms. The van der Waals surface area contributed by atoms with Crippen LogP contribution in [0.25, 0.3) is 0 Å². The van der Waals surface area contributed by atoms with E-state index in [9.17, 15) is 8.42 Å². The predicted octanol–water partition coefficient (Wildman–Crippen LogP) is 0.386. The van der Waals surface area contributed by atoms with Gasteiger partial charge in [-0.05, 0) is 31.6 Å². The Morgan fingerprint density at radius 1 is 1.24 bits per heavy atom. The first-order chi connectivity index (χ1) is 8.05. The zero-order valence-electron chi connectivity index (χ0n) is 10.5. The topological polar surface area (TPSA) is 66.6 Å². The summed E-state index contributed by atoms with van der Waals surface area (Å²) in [5.41, 5.74) is 5.65. The van der Waals surface area contributed by atoms with Gasteiger partial charge in [0.25, 0.3) is 10.2 Å². The summed E-state index contributed by atoms with van der Waals surface area (Å²) in [4.78, 5) is 0. The van der Waals surface area contributed by atoms with E-state index in [1.807, 2.05) is 0 Å². The maximum absolute atomic E-state index is 12.5. The van der Waals surface area contributed by atoms with Gasteiger partial charge in [0, 0.05) is 32.2 Å². The third-order valence-corrected chi connectivity index (χ3v) is 5.90. The standard InChI is InChI=1S/C11H23N3O2S/c1-10-4-2-6-13(9-10)17(15,16)14-7-3-5-11(14)8-12/h10-11H,2-9,12H2,1H3/t10-,11+/m1/s1. The molecule has 2 heterocycles. The Bertz CT molecular complexity index is 358. The van der Waals surface area contributed by atoms with Gasteiger partial charge < -0.3 is 5.73 Å². The van der Waals surface area contributed by atoms with Crippen LogP contribution in [0, 0.1) is 5.92 Å². The highest BCUT2D eigenvalue weighted by atomic mass is 32.2. The fraction of sp³-hybridized carbons (Fsp3) is 1.00. The first kappa shape index (κ1) is 13.3. The van der Waals surface area contributed by atoms with E-state index in [0.29, 0.717) is 32.1 Å². The zero-order valence-corrected chi connectivity index (χ0v) is 11.3. The minimum Gasteiger partial charge on any atom is -0.329 e. The highest BCUT2D eigenvalue weighted by molar-refractivity contribution is 7.86. The van der Waals surface area contributed by atoms with Crippen LogP contribution >= 0.6 is 0 Å². The minimum atomic E-state index is -3.27. The average Bonchev–Trinajstić information content (AvgIpc) is 2.77. The fourth-order valence-corrected chi connectivity index (χ4v) is 4.88. The second-order valence-electron chi connectivity index (χ2n) is 5.26. The summed E-state index contributed by atoms with van der Waals surface area (Å²) in [6.07, 6.45) is 3.94. The molecule has 0 spiro atoms. The van der Waals surface area contributed by atoms with E-state index in [-0.39, 0.29) is 6.04 Å². The molecule has 2 aliphatic rings. The molecule has 0 aromatic carbocycles. The molecule has 0 saturated carbocycles. The van der Waals surface area contributed by atoms with Crippen LogP contribution in [0.3, 0.4) is 0 Å². The minimum absolute atomic E-state index is 0.0113. The van der Waals surface area contributed by atoms with Crippen LogP contribution in [0.2, 0.25) is 0 Å². The summed E-state index contributed by atoms with van der Waals surface area (Å²) in [7, 11) is -3.27. The molecule has 2 rings (SSSR count). The molecule has 0 aromatic rings. The summed E-state index contributed by atoms with van der Waals surface area (Å²) in [5, 5.41) is 0. The summed E-state index contributed by atoms with van der Waals surface area (Å²) in [6, 6.07) is 0.0113. The van der Waals surface area contributed by atoms with E-state index < -0.39 is 10.2 Å². The number of piperidine rings is 1. The fourth-order valence-electron chi connectivity index (χ4n) is 2.85. The summed E-state index contributed by atoms with van der Waals surface area (Å²) >= 11 is 0. The van der Waals surface area contributed by atoms with Crippen LogP contribution < -0.4 is 5.73 Å². The quantitative estimate of drug-likeness (QED) is 0.799. The summed E-state index contributed by atoms with van der Waals surface area (Å²) in [6.45, 7) is 4.51. The largest absolute Gasteiger partial charge is 0.329 e. The lowest BCUT2D eigenvalue weighted by Gasteiger charge is -2.34. The molecule has 2 N–H and O–H groups in total. The van der Waals surface area contributed by atoms with Crippen LogP contribution in [0.5, 0.6) is 0 Å². The van der Waals surface area contributed by atoms with Crippen LogP contribution in [0.15, 0.2) is 0 Å². The zero-order chi connectivity index (χ0) is 12.5. The second-order valence-corrected chi connectivity index (χ2v) is 7.14. The van der Waals surface area contributed by atoms with Crippen molar-refractivity contribution in [3.05, 3.63) is 0 Å². The van der Waals surface area contributed by atoms with Gasteiger partial charge in [-0.25, -0.2) is 0 Å². The highest BCUT2D eigenvalue weighted by Gasteiger charge is 2.38. The van der Waals surface area contributed by atoms with Crippen molar-refractivity contribution >= 4 is 10.2 Å². The van der Waals surface area contributed by atoms with Crippen LogP contribution in [-0.2, 0) is 10.2 Å². The molecule has 2 saturated heterocycles. The van der Waals surface area contributed by atoms with Gasteiger partial charge in [-0.15, -0.1) is 0 Å². The lowest BCUT2D eigenvalue weighted by Crippen LogP contribution is -2.50. The van der Waals surface area contributed by atoms with Gasteiger partial charge in [0.05, 0.1) is 0 Å². The molecule has 0 radical (unpaired) electrons. The average molecular weight is 261 g/mol. The third kappa shape index (κ3) is 2.65. The lowest BCUT2D eigenvalue weighted by molar-refractivity contribution is 0.254. The molecule has 2 atom stereocenters. The Morgan fingerprint density at radius 2 is 1.94 bits per heavy atom. The van der Waals surface area contributed by atoms with Crippen molar-refractivity contribution in [3.63, 3.8) is 0 Å². The molecule has 2 fully saturated rings. The molecule has 5 nitrogen and oxygen atoms in total. The van der Waals surface area contributed by atoms with Gasteiger partial charge >= 0.3 is 0 Å². The molecule has 0 unspecified atom stereocenters. The van der Waals surface area contributed by atoms with Crippen LogP contribution in [0.1, 0.15) is 32.6 Å². The Labute approximate surface area is 104 Å². The predicted molar refractivity (Wildman–Crippen MR) is 67.7 cm³/mol. The van der Waals surface area contributed by atoms with Crippen molar-refractivity contribution < 1.29 is 8.42 Å². The van der Waals surface area contributed by atoms with Gasteiger partial charge in [-0.2, -0.15) is 17.0 Å². The first-order valence-electron chi connectivity index (χ1n) is 6.52. The lowest BCUT2D eigenvalue weighted by atomic mass is 10.0. The van der Waals surface area contributed by atoms with Crippen molar-refractivity contribution in [1.29, 1.82) is 0 Å². The Hall–Kier alpha value is -0.170. The van der Waals surface area contributed by atoms with Crippen molar-refractivity contribution in [2.45, 2.75) is 38.6 Å². The molecule has 6 heteroatoms. The molecule has 0 amide bonds. The maximum atomic E-state index is 12.5. The second kappa shape index (κ2) is 5.22. The maximum Gasteiger partial charge on any atom is 0.282 e. The number of hydrogen-bond acceptors (Lipinski definition) is 3. The third-order valence-electron chi connectivity index (χ3n) is 3.84. The van der Waals surface area contributed by atoms with Crippen LogP contribution in [-0.4, -0.2) is 49.2 Å². The Balaban J connectivity index is 2.12. The summed E-state index contributed by atoms with van der Waals surface area (Å²) in [5.74, 6) is 0.470. The van der Waals surface area contributed by atoms with Gasteiger partial charge in [0.2, 0.25) is 0 Å². The summed E-state index contributed by atoms with van der Waals surface area (Å²) < 4.78 is 28.3. The molecular weight excluding hydrogens is 238 g/mol. The van der Waals surface area contributed by atoms with Crippen molar-refractivity contribution in [2.75, 3.05) is 26.2 Å². The van der Waals surface area contributed by atoms with E-state index in [2.05, 4.69) is 6.92 Å². The van der Waals surface area contributed by atoms with Gasteiger partial charge in [-0.3, -0.25) is 0 Å². The number of hydrogen-bond donors (Lipinski definition) is 1. The molecular formula is C11H23N3O2S. The Morgan fingerprint density at radius 3 is 2.59 bits per heavy atom. The van der Waals surface area contributed by atoms with Crippen LogP contribution in [0.4, 0.5) is 0 Å². The molecule has 0 aliphatic carbocycles. The van der Waals surface area contributed by atoms with E-state index >= 15 is 0 Å². The monoisotopic (exact) mass is 261 g/mol. The first-order valence-corrected chi connectivity index (χ1v) is 7.92. The van der Waals surface area contributed by atoms with E-state index in [4.69, 9.17) is 5.73 Å². The van der Waals surface area contributed by atoms with E-state index in [1.165, 1.54) is 0 Å². The molecule has 2 aliphatic heterocycles. The highest BCUT2D eigenvalue weighted by Crippen LogP contribution is 2.26. The smallest absolute Gasteiger partial charge is 0.282 e. The molecule has 0 bridgehead atoms. The normalized spacial score (nSPS) is 33.1. The van der Waals surface area contributed by atoms with Gasteiger partial charge in [0.15, 0.2) is 0 Å². The van der Waals surface area contributed by atoms with Crippen molar-refractivity contribution in [2.24, 2.45) is 11.7 Å². The van der Waals surface area contributed by atoms with Gasteiger partial charge in [-0.1, -0.05) is 6.92 Å². The van der Waals surface area contributed by atoms with E-state index in [1.54, 1.807) is 8.61 Å². The molecule has 100 valence electrons. The SMILES string of the molecule is C[C@@H]1CCCN(S(=O)(=O)N2CCC[C@H]2CN)C1. The van der Waals surface area contributed by atoms with Gasteiger partial charge in [0.1, 0.15) is 0 Å². The van der Waals surface area contributed by atoms with Crippen molar-refractivity contribution in [1.82, 2.24) is 8.61 Å².